The minimum Gasteiger partial charge on any atom is -0.516 e. The molecule has 0 amide bonds. The minimum absolute atomic E-state index is 0.303. The number of carbonyl (C=O) groups is 2. The molecule has 2 unspecified atom stereocenters. The van der Waals surface area contributed by atoms with E-state index >= 15 is 0 Å². The molecule has 0 aromatic carbocycles. The summed E-state index contributed by atoms with van der Waals surface area (Å²) in [4.78, 5) is 27.4. The van der Waals surface area contributed by atoms with Crippen molar-refractivity contribution in [2.45, 2.75) is 131 Å². The van der Waals surface area contributed by atoms with Gasteiger partial charge in [-0.25, -0.2) is 9.59 Å². The third-order valence-corrected chi connectivity index (χ3v) is 9.21. The average Bonchev–Trinajstić information content (AvgIpc) is 3.20. The first-order valence-electron chi connectivity index (χ1n) is 15.1. The Kier molecular flexibility index (Phi) is 16.0. The smallest absolute Gasteiger partial charge is 0.339 e. The van der Waals surface area contributed by atoms with Gasteiger partial charge in [-0.1, -0.05) is 79.1 Å². The molecule has 1 aromatic rings. The first-order chi connectivity index (χ1) is 18.3. The van der Waals surface area contributed by atoms with Crippen LogP contribution < -0.4 is 9.47 Å². The summed E-state index contributed by atoms with van der Waals surface area (Å²) in [5, 5.41) is 0. The SMILES string of the molecule is CCCCCC(CC)COc1c(C(=O)O[Si](C)(C)C)sc(C(=O)O[Si](C)(C)C)c1OCC(CC)CCCCC. The fraction of sp³-hybridized carbons (Fsp3) is 0.800. The summed E-state index contributed by atoms with van der Waals surface area (Å²) < 4.78 is 24.6. The molecule has 1 heterocycles. The number of ether oxygens (including phenoxy) is 2. The molecule has 226 valence electrons. The van der Waals surface area contributed by atoms with Crippen LogP contribution >= 0.6 is 11.3 Å². The van der Waals surface area contributed by atoms with Crippen molar-refractivity contribution in [2.24, 2.45) is 11.8 Å². The number of hydrogen-bond donors (Lipinski definition) is 0. The summed E-state index contributed by atoms with van der Waals surface area (Å²) >= 11 is 1.09. The Morgan fingerprint density at radius 1 is 0.641 bits per heavy atom. The minimum atomic E-state index is -2.18. The summed E-state index contributed by atoms with van der Waals surface area (Å²) in [5.41, 5.74) is 0. The number of rotatable bonds is 20. The molecule has 2 atom stereocenters. The first kappa shape index (κ1) is 35.7. The highest BCUT2D eigenvalue weighted by molar-refractivity contribution is 7.16. The van der Waals surface area contributed by atoms with Crippen molar-refractivity contribution >= 4 is 39.9 Å². The van der Waals surface area contributed by atoms with E-state index in [4.69, 9.17) is 18.3 Å². The maximum Gasteiger partial charge on any atom is 0.339 e. The Bertz CT molecular complexity index is 804. The van der Waals surface area contributed by atoms with Gasteiger partial charge in [-0.05, 0) is 64.0 Å². The van der Waals surface area contributed by atoms with Crippen molar-refractivity contribution in [3.8, 4) is 11.5 Å². The van der Waals surface area contributed by atoms with E-state index in [1.165, 1.54) is 25.7 Å². The molecule has 6 nitrogen and oxygen atoms in total. The lowest BCUT2D eigenvalue weighted by molar-refractivity contribution is 0.0710. The summed E-state index contributed by atoms with van der Waals surface area (Å²) in [6.45, 7) is 21.5. The van der Waals surface area contributed by atoms with Crippen LogP contribution in [0.5, 0.6) is 11.5 Å². The number of thiophene rings is 1. The van der Waals surface area contributed by atoms with Gasteiger partial charge in [0.15, 0.2) is 21.3 Å². The summed E-state index contributed by atoms with van der Waals surface area (Å²) in [6.07, 6.45) is 11.1. The highest BCUT2D eigenvalue weighted by Crippen LogP contribution is 2.44. The highest BCUT2D eigenvalue weighted by atomic mass is 32.1. The van der Waals surface area contributed by atoms with Gasteiger partial charge in [-0.2, -0.15) is 0 Å². The lowest BCUT2D eigenvalue weighted by Crippen LogP contribution is -2.29. The second-order valence-corrected chi connectivity index (χ2v) is 22.5. The molecule has 0 aliphatic heterocycles. The lowest BCUT2D eigenvalue weighted by atomic mass is 9.99. The standard InChI is InChI=1S/C30H56O6SSi2/c1-11-15-17-19-23(13-3)21-33-25-26(34-22-24(14-4)20-18-16-12-2)28(30(32)36-39(8,9)10)37-27(25)29(31)35-38(5,6)7/h23-24H,11-22H2,1-10H3. The Hall–Kier alpha value is -1.33. The van der Waals surface area contributed by atoms with Gasteiger partial charge in [0.25, 0.3) is 0 Å². The van der Waals surface area contributed by atoms with Crippen molar-refractivity contribution in [3.05, 3.63) is 9.75 Å². The summed E-state index contributed by atoms with van der Waals surface area (Å²) in [7, 11) is -4.36. The fourth-order valence-electron chi connectivity index (χ4n) is 4.16. The van der Waals surface area contributed by atoms with Crippen LogP contribution in [0.25, 0.3) is 0 Å². The molecule has 0 aliphatic carbocycles. The van der Waals surface area contributed by atoms with Gasteiger partial charge >= 0.3 is 11.9 Å². The molecular weight excluding hydrogens is 545 g/mol. The Morgan fingerprint density at radius 2 is 1.00 bits per heavy atom. The average molecular weight is 601 g/mol. The molecular formula is C30H56O6SSi2. The van der Waals surface area contributed by atoms with Crippen molar-refractivity contribution in [1.29, 1.82) is 0 Å². The van der Waals surface area contributed by atoms with E-state index in [9.17, 15) is 9.59 Å². The molecule has 1 aromatic heterocycles. The maximum absolute atomic E-state index is 13.4. The fourth-order valence-corrected chi connectivity index (χ4v) is 6.57. The Morgan fingerprint density at radius 3 is 1.28 bits per heavy atom. The van der Waals surface area contributed by atoms with E-state index < -0.39 is 28.6 Å². The molecule has 0 radical (unpaired) electrons. The zero-order valence-corrected chi connectivity index (χ0v) is 29.3. The molecule has 0 saturated heterocycles. The molecule has 0 bridgehead atoms. The van der Waals surface area contributed by atoms with E-state index in [2.05, 4.69) is 27.7 Å². The zero-order valence-electron chi connectivity index (χ0n) is 26.5. The van der Waals surface area contributed by atoms with Crippen molar-refractivity contribution in [3.63, 3.8) is 0 Å². The van der Waals surface area contributed by atoms with Crippen molar-refractivity contribution in [2.75, 3.05) is 13.2 Å². The highest BCUT2D eigenvalue weighted by Gasteiger charge is 2.35. The summed E-state index contributed by atoms with van der Waals surface area (Å²) in [6, 6.07) is 0. The largest absolute Gasteiger partial charge is 0.516 e. The molecule has 0 spiro atoms. The predicted molar refractivity (Wildman–Crippen MR) is 169 cm³/mol. The van der Waals surface area contributed by atoms with Crippen LogP contribution in [0.1, 0.15) is 111 Å². The topological polar surface area (TPSA) is 71.1 Å². The third kappa shape index (κ3) is 13.7. The molecule has 0 fully saturated rings. The van der Waals surface area contributed by atoms with Crippen LogP contribution in [-0.4, -0.2) is 41.8 Å². The van der Waals surface area contributed by atoms with Gasteiger partial charge in [0.1, 0.15) is 0 Å². The Balaban J connectivity index is 3.47. The quantitative estimate of drug-likeness (QED) is 0.110. The Labute approximate surface area is 244 Å². The second-order valence-electron chi connectivity index (χ2n) is 12.6. The molecule has 0 aliphatic rings. The van der Waals surface area contributed by atoms with Crippen LogP contribution in [0.15, 0.2) is 0 Å². The van der Waals surface area contributed by atoms with Gasteiger partial charge in [0.2, 0.25) is 16.6 Å². The van der Waals surface area contributed by atoms with E-state index in [-0.39, 0.29) is 0 Å². The number of hydrogen-bond acceptors (Lipinski definition) is 7. The van der Waals surface area contributed by atoms with Crippen LogP contribution in [0.3, 0.4) is 0 Å². The van der Waals surface area contributed by atoms with Gasteiger partial charge < -0.3 is 18.3 Å². The number of carbonyl (C=O) groups excluding carboxylic acids is 2. The van der Waals surface area contributed by atoms with E-state index in [0.29, 0.717) is 46.3 Å². The van der Waals surface area contributed by atoms with Gasteiger partial charge in [0, 0.05) is 0 Å². The van der Waals surface area contributed by atoms with Crippen molar-refractivity contribution < 1.29 is 27.9 Å². The van der Waals surface area contributed by atoms with Crippen LogP contribution in [-0.2, 0) is 8.85 Å². The lowest BCUT2D eigenvalue weighted by Gasteiger charge is -2.21. The first-order valence-corrected chi connectivity index (χ1v) is 22.8. The van der Waals surface area contributed by atoms with Gasteiger partial charge in [0.05, 0.1) is 13.2 Å². The van der Waals surface area contributed by atoms with Gasteiger partial charge in [-0.3, -0.25) is 0 Å². The van der Waals surface area contributed by atoms with Crippen LogP contribution in [0.4, 0.5) is 0 Å². The molecule has 0 saturated carbocycles. The van der Waals surface area contributed by atoms with Gasteiger partial charge in [-0.15, -0.1) is 11.3 Å². The molecule has 1 rings (SSSR count). The third-order valence-electron chi connectivity index (χ3n) is 6.50. The van der Waals surface area contributed by atoms with Crippen LogP contribution in [0.2, 0.25) is 39.3 Å². The van der Waals surface area contributed by atoms with Crippen LogP contribution in [0, 0.1) is 11.8 Å². The molecule has 0 N–H and O–H groups in total. The normalized spacial score (nSPS) is 13.6. The zero-order chi connectivity index (χ0) is 29.6. The van der Waals surface area contributed by atoms with E-state index in [1.54, 1.807) is 0 Å². The summed E-state index contributed by atoms with van der Waals surface area (Å²) in [5.74, 6) is 0.534. The predicted octanol–water partition coefficient (Wildman–Crippen LogP) is 9.70. The molecule has 39 heavy (non-hydrogen) atoms. The maximum atomic E-state index is 13.4. The van der Waals surface area contributed by atoms with E-state index in [1.807, 2.05) is 39.3 Å². The number of unbranched alkanes of at least 4 members (excludes halogenated alkanes) is 4. The monoisotopic (exact) mass is 600 g/mol. The second kappa shape index (κ2) is 17.5. The van der Waals surface area contributed by atoms with Crippen molar-refractivity contribution in [1.82, 2.24) is 0 Å². The van der Waals surface area contributed by atoms with E-state index in [0.717, 1.165) is 49.9 Å². The molecule has 9 heteroatoms.